The number of aromatic carboxylic acids is 1. The van der Waals surface area contributed by atoms with E-state index in [1.54, 1.807) is 0 Å². The van der Waals surface area contributed by atoms with Gasteiger partial charge in [-0.1, -0.05) is 0 Å². The van der Waals surface area contributed by atoms with Crippen molar-refractivity contribution in [2.24, 2.45) is 0 Å². The monoisotopic (exact) mass is 293 g/mol. The molecule has 0 unspecified atom stereocenters. The Kier molecular flexibility index (Phi) is 3.41. The quantitative estimate of drug-likeness (QED) is 0.860. The minimum absolute atomic E-state index is 0.0164. The van der Waals surface area contributed by atoms with Crippen LogP contribution in [0.4, 0.5) is 5.82 Å². The lowest BCUT2D eigenvalue weighted by Gasteiger charge is -2.04. The molecule has 0 amide bonds. The molecule has 0 radical (unpaired) electrons. The predicted molar refractivity (Wildman–Crippen MR) is 65.4 cm³/mol. The number of hydrogen-bond donors (Lipinski definition) is 2. The summed E-state index contributed by atoms with van der Waals surface area (Å²) in [6.45, 7) is 0. The lowest BCUT2D eigenvalue weighted by molar-refractivity contribution is 0.0656. The van der Waals surface area contributed by atoms with Crippen molar-refractivity contribution < 1.29 is 22.7 Å². The summed E-state index contributed by atoms with van der Waals surface area (Å²) >= 11 is 0. The van der Waals surface area contributed by atoms with Gasteiger partial charge in [0.25, 0.3) is 10.0 Å². The first-order valence-corrected chi connectivity index (χ1v) is 6.63. The molecule has 0 aliphatic rings. The van der Waals surface area contributed by atoms with Gasteiger partial charge in [0.1, 0.15) is 11.9 Å². The zero-order valence-corrected chi connectivity index (χ0v) is 10.6. The Labute approximate surface area is 113 Å². The normalized spacial score (nSPS) is 10.8. The van der Waals surface area contributed by atoms with Crippen LogP contribution in [0.5, 0.6) is 0 Å². The van der Waals surface area contributed by atoms with E-state index in [0.29, 0.717) is 0 Å². The summed E-state index contributed by atoms with van der Waals surface area (Å²) in [6.07, 6.45) is 1.20. The fraction of sp³-hybridized carbons (Fsp3) is 0. The SMILES string of the molecule is N#Cc1ccc(NS(=O)(=O)c2ccc(C(=O)O)o2)nc1. The number of pyridine rings is 1. The first-order chi connectivity index (χ1) is 9.42. The van der Waals surface area contributed by atoms with Gasteiger partial charge in [0.2, 0.25) is 10.9 Å². The number of anilines is 1. The zero-order chi connectivity index (χ0) is 14.8. The highest BCUT2D eigenvalue weighted by Gasteiger charge is 2.21. The third-order valence-corrected chi connectivity index (χ3v) is 3.42. The highest BCUT2D eigenvalue weighted by molar-refractivity contribution is 7.92. The van der Waals surface area contributed by atoms with Crippen molar-refractivity contribution in [1.29, 1.82) is 5.26 Å². The standard InChI is InChI=1S/C11H7N3O5S/c12-5-7-1-3-9(13-6-7)14-20(17,18)10-4-2-8(19-10)11(15)16/h1-4,6H,(H,13,14)(H,15,16). The molecule has 102 valence electrons. The number of carbonyl (C=O) groups is 1. The Morgan fingerprint density at radius 2 is 2.10 bits per heavy atom. The van der Waals surface area contributed by atoms with Crippen molar-refractivity contribution in [2.45, 2.75) is 5.09 Å². The van der Waals surface area contributed by atoms with Crippen LogP contribution in [-0.4, -0.2) is 24.5 Å². The lowest BCUT2D eigenvalue weighted by atomic mass is 10.3. The molecular formula is C11H7N3O5S. The van der Waals surface area contributed by atoms with Gasteiger partial charge in [-0.05, 0) is 24.3 Å². The molecule has 8 nitrogen and oxygen atoms in total. The highest BCUT2D eigenvalue weighted by Crippen LogP contribution is 2.17. The molecule has 2 aromatic rings. The molecule has 0 saturated heterocycles. The smallest absolute Gasteiger partial charge is 0.371 e. The van der Waals surface area contributed by atoms with E-state index < -0.39 is 26.8 Å². The summed E-state index contributed by atoms with van der Waals surface area (Å²) in [5.74, 6) is -1.88. The number of sulfonamides is 1. The van der Waals surface area contributed by atoms with E-state index in [1.165, 1.54) is 18.3 Å². The summed E-state index contributed by atoms with van der Waals surface area (Å²) in [4.78, 5) is 14.3. The molecule has 0 saturated carbocycles. The fourth-order valence-electron chi connectivity index (χ4n) is 1.29. The van der Waals surface area contributed by atoms with Gasteiger partial charge in [-0.15, -0.1) is 0 Å². The molecule has 2 N–H and O–H groups in total. The van der Waals surface area contributed by atoms with Gasteiger partial charge in [-0.2, -0.15) is 13.7 Å². The molecular weight excluding hydrogens is 286 g/mol. The number of furan rings is 1. The minimum atomic E-state index is -4.07. The number of hydrogen-bond acceptors (Lipinski definition) is 6. The van der Waals surface area contributed by atoms with Gasteiger partial charge in [-0.25, -0.2) is 9.78 Å². The Hall–Kier alpha value is -2.86. The van der Waals surface area contributed by atoms with E-state index >= 15 is 0 Å². The Morgan fingerprint density at radius 3 is 2.60 bits per heavy atom. The molecule has 2 rings (SSSR count). The van der Waals surface area contributed by atoms with Crippen LogP contribution in [0.1, 0.15) is 16.1 Å². The van der Waals surface area contributed by atoms with Crippen molar-refractivity contribution in [1.82, 2.24) is 4.98 Å². The first-order valence-electron chi connectivity index (χ1n) is 5.14. The van der Waals surface area contributed by atoms with Gasteiger partial charge < -0.3 is 9.52 Å². The maximum absolute atomic E-state index is 11.9. The number of nitriles is 1. The Balaban J connectivity index is 2.25. The van der Waals surface area contributed by atoms with Crippen LogP contribution in [0.25, 0.3) is 0 Å². The van der Waals surface area contributed by atoms with Crippen molar-refractivity contribution in [3.8, 4) is 6.07 Å². The molecule has 0 aliphatic heterocycles. The molecule has 0 atom stereocenters. The summed E-state index contributed by atoms with van der Waals surface area (Å²) in [5, 5.41) is 16.7. The van der Waals surface area contributed by atoms with E-state index in [-0.39, 0.29) is 11.4 Å². The minimum Gasteiger partial charge on any atom is -0.475 e. The number of carboxylic acids is 1. The van der Waals surface area contributed by atoms with Crippen LogP contribution < -0.4 is 4.72 Å². The second-order valence-corrected chi connectivity index (χ2v) is 5.19. The van der Waals surface area contributed by atoms with Gasteiger partial charge in [0.15, 0.2) is 0 Å². The number of rotatable bonds is 4. The van der Waals surface area contributed by atoms with Crippen molar-refractivity contribution in [3.63, 3.8) is 0 Å². The van der Waals surface area contributed by atoms with Gasteiger partial charge in [-0.3, -0.25) is 4.72 Å². The van der Waals surface area contributed by atoms with Crippen LogP contribution in [0.2, 0.25) is 0 Å². The van der Waals surface area contributed by atoms with Crippen LogP contribution in [-0.2, 0) is 10.0 Å². The van der Waals surface area contributed by atoms with Gasteiger partial charge in [0.05, 0.1) is 5.56 Å². The summed E-state index contributed by atoms with van der Waals surface area (Å²) in [6, 6.07) is 6.58. The Morgan fingerprint density at radius 1 is 1.35 bits per heavy atom. The first kappa shape index (κ1) is 13.6. The third kappa shape index (κ3) is 2.76. The molecule has 0 bridgehead atoms. The number of nitrogens with one attached hydrogen (secondary N) is 1. The van der Waals surface area contributed by atoms with E-state index in [1.807, 2.05) is 6.07 Å². The lowest BCUT2D eigenvalue weighted by Crippen LogP contribution is -2.13. The predicted octanol–water partition coefficient (Wildman–Crippen LogP) is 1.05. The second-order valence-electron chi connectivity index (χ2n) is 3.57. The summed E-state index contributed by atoms with van der Waals surface area (Å²) < 4.78 is 30.6. The zero-order valence-electron chi connectivity index (χ0n) is 9.77. The van der Waals surface area contributed by atoms with E-state index in [0.717, 1.165) is 12.1 Å². The fourth-order valence-corrected chi connectivity index (χ4v) is 2.23. The molecule has 2 heterocycles. The van der Waals surface area contributed by atoms with E-state index in [2.05, 4.69) is 9.71 Å². The van der Waals surface area contributed by atoms with Crippen molar-refractivity contribution >= 4 is 21.8 Å². The summed E-state index contributed by atoms with van der Waals surface area (Å²) in [7, 11) is -4.07. The number of nitrogens with zero attached hydrogens (tertiary/aromatic N) is 2. The topological polar surface area (TPSA) is 133 Å². The van der Waals surface area contributed by atoms with Crippen LogP contribution in [0.15, 0.2) is 40.0 Å². The maximum atomic E-state index is 11.9. The summed E-state index contributed by atoms with van der Waals surface area (Å²) in [5.41, 5.74) is 0.277. The average molecular weight is 293 g/mol. The van der Waals surface area contributed by atoms with Gasteiger partial charge >= 0.3 is 5.97 Å². The van der Waals surface area contributed by atoms with Gasteiger partial charge in [0, 0.05) is 6.20 Å². The Bertz CT molecular complexity index is 786. The van der Waals surface area contributed by atoms with E-state index in [9.17, 15) is 13.2 Å². The van der Waals surface area contributed by atoms with Crippen LogP contribution in [0.3, 0.4) is 0 Å². The maximum Gasteiger partial charge on any atom is 0.371 e. The second kappa shape index (κ2) is 5.02. The number of carboxylic acid groups (broad SMARTS) is 1. The third-order valence-electron chi connectivity index (χ3n) is 2.19. The van der Waals surface area contributed by atoms with Crippen LogP contribution in [0, 0.1) is 11.3 Å². The molecule has 0 spiro atoms. The van der Waals surface area contributed by atoms with Crippen LogP contribution >= 0.6 is 0 Å². The molecule has 0 fully saturated rings. The largest absolute Gasteiger partial charge is 0.475 e. The van der Waals surface area contributed by atoms with E-state index in [4.69, 9.17) is 14.8 Å². The molecule has 9 heteroatoms. The molecule has 2 aromatic heterocycles. The highest BCUT2D eigenvalue weighted by atomic mass is 32.2. The number of aromatic nitrogens is 1. The molecule has 20 heavy (non-hydrogen) atoms. The van der Waals surface area contributed by atoms with Crippen molar-refractivity contribution in [2.75, 3.05) is 4.72 Å². The van der Waals surface area contributed by atoms with Crippen molar-refractivity contribution in [3.05, 3.63) is 41.8 Å². The molecule has 0 aliphatic carbocycles. The molecule has 0 aromatic carbocycles. The average Bonchev–Trinajstić information content (AvgIpc) is 2.90.